The van der Waals surface area contributed by atoms with Gasteiger partial charge in [-0.15, -0.1) is 0 Å². The van der Waals surface area contributed by atoms with Crippen molar-refractivity contribution in [1.82, 2.24) is 10.2 Å². The van der Waals surface area contributed by atoms with Gasteiger partial charge in [0.1, 0.15) is 0 Å². The molecule has 4 aromatic rings. The van der Waals surface area contributed by atoms with E-state index in [9.17, 15) is 15.0 Å². The van der Waals surface area contributed by atoms with Gasteiger partial charge in [-0.05, 0) is 70.5 Å². The number of carbonyl (C=O) groups is 1. The Morgan fingerprint density at radius 1 is 0.857 bits per heavy atom. The SMILES string of the molecule is O=C(NCc1cccc(-c2cccc([C@@H]3O[C@H](CN4CCC(O)(c5ccc(Cl)cc5)CC4)C[C@H](c4ccc(CO)cc4)O3)c2)c1)C(Cl)(Cl)Cl. The number of amides is 1. The number of ether oxygens (including phenoxy) is 2. The van der Waals surface area contributed by atoms with Crippen molar-refractivity contribution in [3.05, 3.63) is 130 Å². The maximum atomic E-state index is 12.1. The maximum absolute atomic E-state index is 12.1. The smallest absolute Gasteiger partial charge is 0.272 e. The molecule has 2 saturated heterocycles. The lowest BCUT2D eigenvalue weighted by molar-refractivity contribution is -0.253. The molecule has 0 unspecified atom stereocenters. The minimum Gasteiger partial charge on any atom is -0.392 e. The Morgan fingerprint density at radius 3 is 2.20 bits per heavy atom. The van der Waals surface area contributed by atoms with Crippen LogP contribution in [0.4, 0.5) is 0 Å². The van der Waals surface area contributed by atoms with Gasteiger partial charge in [0, 0.05) is 43.2 Å². The molecular formula is C38H38Cl4N2O5. The molecule has 0 spiro atoms. The van der Waals surface area contributed by atoms with Crippen molar-refractivity contribution in [3.8, 4) is 11.1 Å². The number of halogens is 4. The van der Waals surface area contributed by atoms with Crippen LogP contribution in [0.2, 0.25) is 5.02 Å². The Hall–Kier alpha value is -2.69. The van der Waals surface area contributed by atoms with Crippen LogP contribution in [0.1, 0.15) is 59.5 Å². The van der Waals surface area contributed by atoms with Crippen LogP contribution in [0.25, 0.3) is 11.1 Å². The summed E-state index contributed by atoms with van der Waals surface area (Å²) in [6, 6.07) is 31.2. The van der Waals surface area contributed by atoms with Crippen LogP contribution in [0.3, 0.4) is 0 Å². The largest absolute Gasteiger partial charge is 0.392 e. The van der Waals surface area contributed by atoms with Gasteiger partial charge in [0.05, 0.1) is 24.4 Å². The lowest BCUT2D eigenvalue weighted by Gasteiger charge is -2.42. The number of rotatable bonds is 9. The zero-order valence-electron chi connectivity index (χ0n) is 26.7. The zero-order chi connectivity index (χ0) is 34.6. The molecule has 11 heteroatoms. The van der Waals surface area contributed by atoms with Crippen LogP contribution in [-0.2, 0) is 33.0 Å². The summed E-state index contributed by atoms with van der Waals surface area (Å²) >= 11 is 23.2. The number of likely N-dealkylation sites (tertiary alicyclic amines) is 1. The molecule has 0 aromatic heterocycles. The van der Waals surface area contributed by atoms with Crippen molar-refractivity contribution in [2.24, 2.45) is 0 Å². The van der Waals surface area contributed by atoms with Crippen LogP contribution >= 0.6 is 46.4 Å². The lowest BCUT2D eigenvalue weighted by atomic mass is 9.84. The predicted octanol–water partition coefficient (Wildman–Crippen LogP) is 8.01. The number of piperidine rings is 1. The van der Waals surface area contributed by atoms with E-state index in [1.807, 2.05) is 91.0 Å². The van der Waals surface area contributed by atoms with E-state index in [2.05, 4.69) is 16.3 Å². The molecule has 0 radical (unpaired) electrons. The molecule has 2 aliphatic rings. The van der Waals surface area contributed by atoms with Gasteiger partial charge in [-0.2, -0.15) is 0 Å². The van der Waals surface area contributed by atoms with E-state index in [-0.39, 0.29) is 25.4 Å². The molecule has 3 N–H and O–H groups in total. The highest BCUT2D eigenvalue weighted by atomic mass is 35.6. The average Bonchev–Trinajstić information content (AvgIpc) is 3.11. The van der Waals surface area contributed by atoms with Gasteiger partial charge in [0.2, 0.25) is 0 Å². The number of aliphatic hydroxyl groups is 2. The van der Waals surface area contributed by atoms with Crippen molar-refractivity contribution < 1.29 is 24.5 Å². The molecule has 0 bridgehead atoms. The third-order valence-electron chi connectivity index (χ3n) is 9.27. The molecule has 258 valence electrons. The van der Waals surface area contributed by atoms with Gasteiger partial charge in [-0.1, -0.05) is 119 Å². The van der Waals surface area contributed by atoms with Crippen molar-refractivity contribution in [2.75, 3.05) is 19.6 Å². The van der Waals surface area contributed by atoms with Gasteiger partial charge < -0.3 is 29.9 Å². The van der Waals surface area contributed by atoms with Gasteiger partial charge in [-0.25, -0.2) is 0 Å². The van der Waals surface area contributed by atoms with Crippen LogP contribution in [0.15, 0.2) is 97.1 Å². The van der Waals surface area contributed by atoms with Crippen molar-refractivity contribution in [2.45, 2.75) is 60.3 Å². The number of benzene rings is 4. The molecular weight excluding hydrogens is 706 g/mol. The Kier molecular flexibility index (Phi) is 11.6. The summed E-state index contributed by atoms with van der Waals surface area (Å²) in [6.07, 6.45) is 0.917. The molecule has 7 nitrogen and oxygen atoms in total. The normalized spacial score (nSPS) is 21.3. The Bertz CT molecular complexity index is 1720. The lowest BCUT2D eigenvalue weighted by Crippen LogP contribution is -2.46. The molecule has 2 aliphatic heterocycles. The van der Waals surface area contributed by atoms with E-state index >= 15 is 0 Å². The maximum Gasteiger partial charge on any atom is 0.272 e. The first-order valence-electron chi connectivity index (χ1n) is 16.2. The van der Waals surface area contributed by atoms with E-state index in [0.717, 1.165) is 52.0 Å². The first-order chi connectivity index (χ1) is 23.5. The molecule has 49 heavy (non-hydrogen) atoms. The highest BCUT2D eigenvalue weighted by Crippen LogP contribution is 2.40. The summed E-state index contributed by atoms with van der Waals surface area (Å²) in [5.41, 5.74) is 5.51. The van der Waals surface area contributed by atoms with Crippen LogP contribution in [0, 0.1) is 0 Å². The molecule has 2 heterocycles. The molecule has 1 amide bonds. The topological polar surface area (TPSA) is 91.3 Å². The Balaban J connectivity index is 1.18. The molecule has 0 aliphatic carbocycles. The second kappa shape index (κ2) is 15.7. The third-order valence-corrected chi connectivity index (χ3v) is 10.0. The summed E-state index contributed by atoms with van der Waals surface area (Å²) < 4.78 is 11.3. The quantitative estimate of drug-likeness (QED) is 0.151. The molecule has 3 atom stereocenters. The molecule has 2 fully saturated rings. The van der Waals surface area contributed by atoms with Crippen LogP contribution in [-0.4, -0.2) is 50.6 Å². The predicted molar refractivity (Wildman–Crippen MR) is 193 cm³/mol. The minimum atomic E-state index is -2.03. The Labute approximate surface area is 306 Å². The number of alkyl halides is 3. The zero-order valence-corrected chi connectivity index (χ0v) is 29.7. The number of nitrogens with one attached hydrogen (secondary N) is 1. The monoisotopic (exact) mass is 742 g/mol. The van der Waals surface area contributed by atoms with E-state index in [1.165, 1.54) is 0 Å². The Morgan fingerprint density at radius 2 is 1.53 bits per heavy atom. The summed E-state index contributed by atoms with van der Waals surface area (Å²) in [5.74, 6) is -0.687. The molecule has 0 saturated carbocycles. The van der Waals surface area contributed by atoms with E-state index < -0.39 is 21.6 Å². The molecule has 4 aromatic carbocycles. The fraction of sp³-hybridized carbons (Fsp3) is 0.342. The molecule has 6 rings (SSSR count). The van der Waals surface area contributed by atoms with Crippen LogP contribution in [0.5, 0.6) is 0 Å². The standard InChI is InChI=1S/C38H38Cl4N2O5/c39-32-13-11-31(12-14-32)37(47)15-17-44(18-16-37)23-33-21-34(27-9-7-25(24-45)8-10-27)49-35(48-33)30-6-2-5-29(20-30)28-4-1-3-26(19-28)22-43-36(46)38(40,41)42/h1-14,19-20,33-35,45,47H,15-18,21-24H2,(H,43,46)/t33-,34+,35+/m0/s1. The summed E-state index contributed by atoms with van der Waals surface area (Å²) in [5, 5.41) is 24.3. The van der Waals surface area contributed by atoms with Crippen LogP contribution < -0.4 is 5.32 Å². The number of carbonyl (C=O) groups excluding carboxylic acids is 1. The number of hydrogen-bond acceptors (Lipinski definition) is 6. The fourth-order valence-electron chi connectivity index (χ4n) is 6.48. The summed E-state index contributed by atoms with van der Waals surface area (Å²) in [4.78, 5) is 14.4. The minimum absolute atomic E-state index is 0.0231. The van der Waals surface area contributed by atoms with Crippen molar-refractivity contribution in [1.29, 1.82) is 0 Å². The first kappa shape index (κ1) is 36.1. The second-order valence-electron chi connectivity index (χ2n) is 12.7. The van der Waals surface area contributed by atoms with E-state index in [1.54, 1.807) is 0 Å². The van der Waals surface area contributed by atoms with Gasteiger partial charge >= 0.3 is 0 Å². The van der Waals surface area contributed by atoms with Gasteiger partial charge in [-0.3, -0.25) is 4.79 Å². The first-order valence-corrected chi connectivity index (χ1v) is 17.8. The van der Waals surface area contributed by atoms with E-state index in [0.29, 0.717) is 30.8 Å². The average molecular weight is 745 g/mol. The van der Waals surface area contributed by atoms with Crippen molar-refractivity contribution >= 4 is 52.3 Å². The van der Waals surface area contributed by atoms with Crippen molar-refractivity contribution in [3.63, 3.8) is 0 Å². The summed E-state index contributed by atoms with van der Waals surface area (Å²) in [6.45, 7) is 2.35. The van der Waals surface area contributed by atoms with Gasteiger partial charge in [0.25, 0.3) is 9.70 Å². The number of nitrogens with zero attached hydrogens (tertiary/aromatic N) is 1. The highest BCUT2D eigenvalue weighted by Gasteiger charge is 2.37. The van der Waals surface area contributed by atoms with E-state index in [4.69, 9.17) is 55.9 Å². The second-order valence-corrected chi connectivity index (χ2v) is 15.4. The third kappa shape index (κ3) is 9.16. The highest BCUT2D eigenvalue weighted by molar-refractivity contribution is 6.76. The van der Waals surface area contributed by atoms with Gasteiger partial charge in [0.15, 0.2) is 6.29 Å². The fourth-order valence-corrected chi connectivity index (χ4v) is 6.81. The number of aliphatic hydroxyl groups excluding tert-OH is 1. The number of hydrogen-bond donors (Lipinski definition) is 3. The summed E-state index contributed by atoms with van der Waals surface area (Å²) in [7, 11) is 0.